The molecule has 3 aliphatic rings. The summed E-state index contributed by atoms with van der Waals surface area (Å²) < 4.78 is 0. The van der Waals surface area contributed by atoms with Crippen LogP contribution in [0.5, 0.6) is 0 Å². The number of hydrogen-bond acceptors (Lipinski definition) is 5. The van der Waals surface area contributed by atoms with Crippen molar-refractivity contribution in [2.45, 2.75) is 37.1 Å². The topological polar surface area (TPSA) is 77.8 Å². The third kappa shape index (κ3) is 1.90. The van der Waals surface area contributed by atoms with Crippen LogP contribution in [0.2, 0.25) is 0 Å². The molecule has 1 saturated carbocycles. The van der Waals surface area contributed by atoms with Crippen LogP contribution in [0.3, 0.4) is 0 Å². The number of nitrogens with zero attached hydrogens (tertiary/aromatic N) is 1. The molecule has 1 fully saturated rings. The van der Waals surface area contributed by atoms with E-state index in [-0.39, 0.29) is 17.2 Å². The van der Waals surface area contributed by atoms with E-state index in [1.165, 1.54) is 6.20 Å². The van der Waals surface area contributed by atoms with Crippen LogP contribution in [-0.4, -0.2) is 38.3 Å². The fourth-order valence-corrected chi connectivity index (χ4v) is 4.30. The van der Waals surface area contributed by atoms with Crippen molar-refractivity contribution in [3.63, 3.8) is 0 Å². The normalized spacial score (nSPS) is 28.8. The molecule has 0 spiro atoms. The summed E-state index contributed by atoms with van der Waals surface area (Å²) in [5, 5.41) is 23.2. The summed E-state index contributed by atoms with van der Waals surface area (Å²) >= 11 is 0. The molecule has 0 saturated heterocycles. The van der Waals surface area contributed by atoms with Crippen LogP contribution in [0.25, 0.3) is 0 Å². The lowest BCUT2D eigenvalue weighted by Crippen LogP contribution is -2.58. The van der Waals surface area contributed by atoms with E-state index in [9.17, 15) is 19.8 Å². The molecule has 136 valence electrons. The maximum Gasteiger partial charge on any atom is 0.210 e. The van der Waals surface area contributed by atoms with E-state index in [1.54, 1.807) is 41.3 Å². The standard InChI is InChI=1S/C22H19NO4/c1-13-6-8-14(9-7-13)19(24)18-12-23(15-10-11-15)22(27)17-5-3-2-4-16(17)20(25)21(18,22)26/h2-9,12,15,26-27H,10-11H2,1H3/t21-,22+/m0/s1. The molecule has 2 aromatic rings. The lowest BCUT2D eigenvalue weighted by Gasteiger charge is -2.39. The van der Waals surface area contributed by atoms with Gasteiger partial charge in [-0.25, -0.2) is 0 Å². The zero-order valence-electron chi connectivity index (χ0n) is 14.8. The van der Waals surface area contributed by atoms with Crippen LogP contribution in [-0.2, 0) is 5.72 Å². The Hall–Kier alpha value is -2.76. The summed E-state index contributed by atoms with van der Waals surface area (Å²) in [6, 6.07) is 13.6. The van der Waals surface area contributed by atoms with Gasteiger partial charge in [-0.2, -0.15) is 0 Å². The third-order valence-electron chi connectivity index (χ3n) is 5.91. The summed E-state index contributed by atoms with van der Waals surface area (Å²) in [5.74, 6) is -1.07. The number of benzene rings is 2. The fourth-order valence-electron chi connectivity index (χ4n) is 4.30. The molecular weight excluding hydrogens is 342 g/mol. The van der Waals surface area contributed by atoms with Gasteiger partial charge in [0, 0.05) is 28.9 Å². The number of Topliss-reactive ketones (excluding diaryl/α,β-unsaturated/α-hetero) is 2. The molecule has 1 heterocycles. The average molecular weight is 361 g/mol. The SMILES string of the molecule is Cc1ccc(C(=O)C2=CN(C3CC3)[C@@]3(O)c4ccccc4C(=O)[C@@]23O)cc1. The predicted molar refractivity (Wildman–Crippen MR) is 98.1 cm³/mol. The molecule has 5 nitrogen and oxygen atoms in total. The quantitative estimate of drug-likeness (QED) is 0.821. The summed E-state index contributed by atoms with van der Waals surface area (Å²) in [7, 11) is 0. The summed E-state index contributed by atoms with van der Waals surface area (Å²) in [6.45, 7) is 1.92. The molecule has 5 heteroatoms. The van der Waals surface area contributed by atoms with Crippen molar-refractivity contribution in [3.8, 4) is 0 Å². The van der Waals surface area contributed by atoms with Gasteiger partial charge >= 0.3 is 0 Å². The zero-order valence-corrected chi connectivity index (χ0v) is 14.8. The fraction of sp³-hybridized carbons (Fsp3) is 0.273. The molecule has 0 unspecified atom stereocenters. The number of hydrogen-bond donors (Lipinski definition) is 2. The monoisotopic (exact) mass is 361 g/mol. The second-order valence-corrected chi connectivity index (χ2v) is 7.63. The molecule has 2 aromatic carbocycles. The average Bonchev–Trinajstić information content (AvgIpc) is 3.46. The van der Waals surface area contributed by atoms with Gasteiger partial charge in [-0.15, -0.1) is 0 Å². The van der Waals surface area contributed by atoms with Gasteiger partial charge in [0.15, 0.2) is 5.78 Å². The first kappa shape index (κ1) is 16.4. The molecule has 0 aromatic heterocycles. The first-order chi connectivity index (χ1) is 12.9. The third-order valence-corrected chi connectivity index (χ3v) is 5.91. The Balaban J connectivity index is 1.70. The van der Waals surface area contributed by atoms with E-state index >= 15 is 0 Å². The Morgan fingerprint density at radius 1 is 1.07 bits per heavy atom. The summed E-state index contributed by atoms with van der Waals surface area (Å²) in [6.07, 6.45) is 3.18. The molecule has 0 radical (unpaired) electrons. The van der Waals surface area contributed by atoms with Crippen molar-refractivity contribution < 1.29 is 19.8 Å². The van der Waals surface area contributed by atoms with Gasteiger partial charge in [-0.1, -0.05) is 54.1 Å². The van der Waals surface area contributed by atoms with Gasteiger partial charge in [0.25, 0.3) is 0 Å². The van der Waals surface area contributed by atoms with E-state index in [1.807, 2.05) is 19.1 Å². The van der Waals surface area contributed by atoms with Crippen LogP contribution in [0, 0.1) is 6.92 Å². The van der Waals surface area contributed by atoms with Crippen LogP contribution >= 0.6 is 0 Å². The highest BCUT2D eigenvalue weighted by Gasteiger charge is 2.72. The molecule has 0 bridgehead atoms. The van der Waals surface area contributed by atoms with Crippen LogP contribution in [0.1, 0.15) is 44.7 Å². The maximum atomic E-state index is 13.2. The lowest BCUT2D eigenvalue weighted by atomic mass is 9.82. The molecule has 0 amide bonds. The van der Waals surface area contributed by atoms with Crippen molar-refractivity contribution in [2.24, 2.45) is 0 Å². The van der Waals surface area contributed by atoms with Crippen molar-refractivity contribution in [3.05, 3.63) is 82.6 Å². The van der Waals surface area contributed by atoms with Gasteiger partial charge in [0.1, 0.15) is 0 Å². The highest BCUT2D eigenvalue weighted by Crippen LogP contribution is 2.57. The molecule has 2 atom stereocenters. The number of rotatable bonds is 3. The van der Waals surface area contributed by atoms with Crippen molar-refractivity contribution in [2.75, 3.05) is 0 Å². The van der Waals surface area contributed by atoms with E-state index in [2.05, 4.69) is 0 Å². The lowest BCUT2D eigenvalue weighted by molar-refractivity contribution is -0.170. The van der Waals surface area contributed by atoms with Gasteiger partial charge < -0.3 is 15.1 Å². The summed E-state index contributed by atoms with van der Waals surface area (Å²) in [4.78, 5) is 28.0. The van der Waals surface area contributed by atoms with E-state index in [4.69, 9.17) is 0 Å². The van der Waals surface area contributed by atoms with Gasteiger partial charge in [-0.3, -0.25) is 9.59 Å². The Morgan fingerprint density at radius 3 is 2.41 bits per heavy atom. The minimum atomic E-state index is -2.30. The Morgan fingerprint density at radius 2 is 1.74 bits per heavy atom. The number of carbonyl (C=O) groups excluding carboxylic acids is 2. The van der Waals surface area contributed by atoms with Gasteiger partial charge in [0.2, 0.25) is 17.1 Å². The second-order valence-electron chi connectivity index (χ2n) is 7.63. The first-order valence-corrected chi connectivity index (χ1v) is 9.10. The minimum absolute atomic E-state index is 0.00352. The Kier molecular flexibility index (Phi) is 3.13. The number of carbonyl (C=O) groups is 2. The van der Waals surface area contributed by atoms with Crippen LogP contribution in [0.4, 0.5) is 0 Å². The Bertz CT molecular complexity index is 1020. The molecule has 2 N–H and O–H groups in total. The second kappa shape index (κ2) is 5.15. The van der Waals surface area contributed by atoms with Gasteiger partial charge in [0.05, 0.1) is 5.57 Å². The zero-order chi connectivity index (χ0) is 19.0. The van der Waals surface area contributed by atoms with Crippen molar-refractivity contribution in [1.29, 1.82) is 0 Å². The van der Waals surface area contributed by atoms with Crippen LogP contribution in [0.15, 0.2) is 60.3 Å². The molecular formula is C22H19NO4. The van der Waals surface area contributed by atoms with Gasteiger partial charge in [-0.05, 0) is 19.8 Å². The number of ketones is 2. The van der Waals surface area contributed by atoms with Crippen LogP contribution < -0.4 is 0 Å². The molecule has 27 heavy (non-hydrogen) atoms. The number of aryl methyl sites for hydroxylation is 1. The smallest absolute Gasteiger partial charge is 0.210 e. The molecule has 1 aliphatic heterocycles. The Labute approximate surface area is 156 Å². The largest absolute Gasteiger partial charge is 0.372 e. The first-order valence-electron chi connectivity index (χ1n) is 9.10. The maximum absolute atomic E-state index is 13.2. The summed E-state index contributed by atoms with van der Waals surface area (Å²) in [5.41, 5.74) is -2.32. The molecule has 2 aliphatic carbocycles. The van der Waals surface area contributed by atoms with E-state index in [0.29, 0.717) is 11.1 Å². The highest BCUT2D eigenvalue weighted by atomic mass is 16.4. The van der Waals surface area contributed by atoms with Crippen molar-refractivity contribution in [1.82, 2.24) is 4.90 Å². The molecule has 5 rings (SSSR count). The van der Waals surface area contributed by atoms with E-state index in [0.717, 1.165) is 18.4 Å². The number of fused-ring (bicyclic) bond motifs is 3. The van der Waals surface area contributed by atoms with Crippen molar-refractivity contribution >= 4 is 11.6 Å². The predicted octanol–water partition coefficient (Wildman–Crippen LogP) is 2.31. The highest BCUT2D eigenvalue weighted by molar-refractivity contribution is 6.21. The van der Waals surface area contributed by atoms with E-state index < -0.39 is 22.9 Å². The number of aliphatic hydroxyl groups is 2. The minimum Gasteiger partial charge on any atom is -0.372 e.